The summed E-state index contributed by atoms with van der Waals surface area (Å²) >= 11 is 0. The van der Waals surface area contributed by atoms with Gasteiger partial charge in [0.15, 0.2) is 6.29 Å². The van der Waals surface area contributed by atoms with Crippen LogP contribution in [0, 0.1) is 10.8 Å². The maximum Gasteiger partial charge on any atom is 0.177 e. The molecular formula is C22H33N5O4. The first-order chi connectivity index (χ1) is 14.7. The lowest BCUT2D eigenvalue weighted by Gasteiger charge is -2.49. The summed E-state index contributed by atoms with van der Waals surface area (Å²) in [6, 6.07) is 6.21. The molecule has 2 fully saturated rings. The molecule has 0 spiro atoms. The van der Waals surface area contributed by atoms with Gasteiger partial charge in [0.1, 0.15) is 5.69 Å². The number of benzene rings is 1. The molecule has 0 bridgehead atoms. The van der Waals surface area contributed by atoms with Crippen molar-refractivity contribution in [2.45, 2.75) is 26.7 Å². The maximum atomic E-state index is 9.55. The van der Waals surface area contributed by atoms with Gasteiger partial charge in [0.05, 0.1) is 44.6 Å². The van der Waals surface area contributed by atoms with Crippen LogP contribution >= 0.6 is 0 Å². The van der Waals surface area contributed by atoms with E-state index in [0.29, 0.717) is 32.8 Å². The molecule has 0 atom stereocenters. The third kappa shape index (κ3) is 4.55. The molecule has 31 heavy (non-hydrogen) atoms. The first-order valence-corrected chi connectivity index (χ1v) is 10.7. The van der Waals surface area contributed by atoms with Gasteiger partial charge >= 0.3 is 0 Å². The summed E-state index contributed by atoms with van der Waals surface area (Å²) in [7, 11) is 4.00. The second-order valence-electron chi connectivity index (χ2n) is 9.81. The molecule has 2 aliphatic heterocycles. The molecule has 0 unspecified atom stereocenters. The monoisotopic (exact) mass is 431 g/mol. The highest BCUT2D eigenvalue weighted by Gasteiger charge is 2.42. The Morgan fingerprint density at radius 3 is 2.42 bits per heavy atom. The van der Waals surface area contributed by atoms with Gasteiger partial charge in [-0.25, -0.2) is 4.68 Å². The molecule has 0 aliphatic carbocycles. The Morgan fingerprint density at radius 1 is 1.13 bits per heavy atom. The minimum Gasteiger partial charge on any atom is -0.396 e. The van der Waals surface area contributed by atoms with E-state index in [1.807, 2.05) is 26.4 Å². The molecule has 0 saturated carbocycles. The summed E-state index contributed by atoms with van der Waals surface area (Å²) in [5.74, 6) is 0. The average Bonchev–Trinajstić information content (AvgIpc) is 3.18. The SMILES string of the molecule is CN(C)c1cc(N2CC(CO)(CO)C2)ccc1-c1cn(CC2OCC(C)(C)CO2)nn1. The molecule has 0 amide bonds. The standard InChI is InChI=1S/C22H33N5O4/c1-21(2)14-30-20(31-15-21)9-27-8-18(23-24-27)17-6-5-16(7-19(17)25(3)4)26-10-22(11-26,12-28)13-29/h5-8,20,28-29H,9-15H2,1-4H3. The van der Waals surface area contributed by atoms with Crippen LogP contribution in [-0.4, -0.2) is 85.1 Å². The summed E-state index contributed by atoms with van der Waals surface area (Å²) < 4.78 is 13.4. The van der Waals surface area contributed by atoms with Crippen molar-refractivity contribution in [3.8, 4) is 11.3 Å². The third-order valence-electron chi connectivity index (χ3n) is 6.02. The van der Waals surface area contributed by atoms with Crippen molar-refractivity contribution in [2.75, 3.05) is 63.4 Å². The Labute approximate surface area is 183 Å². The number of aromatic nitrogens is 3. The Morgan fingerprint density at radius 2 is 1.81 bits per heavy atom. The van der Waals surface area contributed by atoms with E-state index in [2.05, 4.69) is 46.1 Å². The van der Waals surface area contributed by atoms with Crippen molar-refractivity contribution in [1.29, 1.82) is 0 Å². The van der Waals surface area contributed by atoms with Gasteiger partial charge in [0, 0.05) is 49.5 Å². The maximum absolute atomic E-state index is 9.55. The number of nitrogens with zero attached hydrogens (tertiary/aromatic N) is 5. The normalized spacial score (nSPS) is 20.5. The highest BCUT2D eigenvalue weighted by atomic mass is 16.7. The smallest absolute Gasteiger partial charge is 0.177 e. The second-order valence-corrected chi connectivity index (χ2v) is 9.81. The number of aliphatic hydroxyl groups excluding tert-OH is 2. The zero-order valence-electron chi connectivity index (χ0n) is 18.8. The Bertz CT molecular complexity index is 891. The van der Waals surface area contributed by atoms with Crippen LogP contribution in [0.3, 0.4) is 0 Å². The summed E-state index contributed by atoms with van der Waals surface area (Å²) in [5, 5.41) is 27.8. The van der Waals surface area contributed by atoms with E-state index >= 15 is 0 Å². The van der Waals surface area contributed by atoms with Crippen molar-refractivity contribution in [3.63, 3.8) is 0 Å². The van der Waals surface area contributed by atoms with Gasteiger partial charge in [-0.3, -0.25) is 0 Å². The molecule has 1 aromatic heterocycles. The molecular weight excluding hydrogens is 398 g/mol. The first-order valence-electron chi connectivity index (χ1n) is 10.7. The molecule has 2 N–H and O–H groups in total. The minimum absolute atomic E-state index is 0.00630. The van der Waals surface area contributed by atoms with Crippen LogP contribution in [0.25, 0.3) is 11.3 Å². The zero-order valence-corrected chi connectivity index (χ0v) is 18.8. The van der Waals surface area contributed by atoms with Crippen LogP contribution in [0.4, 0.5) is 11.4 Å². The van der Waals surface area contributed by atoms with Crippen LogP contribution in [0.15, 0.2) is 24.4 Å². The summed E-state index contributed by atoms with van der Waals surface area (Å²) in [4.78, 5) is 4.22. The van der Waals surface area contributed by atoms with E-state index < -0.39 is 5.41 Å². The zero-order chi connectivity index (χ0) is 22.2. The lowest BCUT2D eigenvalue weighted by Crippen LogP contribution is -2.60. The van der Waals surface area contributed by atoms with E-state index in [9.17, 15) is 10.2 Å². The first kappa shape index (κ1) is 22.0. The van der Waals surface area contributed by atoms with E-state index in [1.54, 1.807) is 4.68 Å². The van der Waals surface area contributed by atoms with Crippen LogP contribution in [-0.2, 0) is 16.0 Å². The van der Waals surface area contributed by atoms with E-state index in [-0.39, 0.29) is 24.9 Å². The van der Waals surface area contributed by atoms with Gasteiger partial charge < -0.3 is 29.5 Å². The van der Waals surface area contributed by atoms with E-state index in [1.165, 1.54) is 0 Å². The Balaban J connectivity index is 1.48. The predicted molar refractivity (Wildman–Crippen MR) is 118 cm³/mol. The Hall–Kier alpha value is -2.20. The Kier molecular flexibility index (Phi) is 5.95. The van der Waals surface area contributed by atoms with Gasteiger partial charge in [-0.15, -0.1) is 5.10 Å². The molecule has 0 radical (unpaired) electrons. The highest BCUT2D eigenvalue weighted by molar-refractivity contribution is 5.79. The van der Waals surface area contributed by atoms with Crippen LogP contribution in [0.1, 0.15) is 13.8 Å². The minimum atomic E-state index is -0.405. The molecule has 3 heterocycles. The van der Waals surface area contributed by atoms with E-state index in [0.717, 1.165) is 22.6 Å². The molecule has 2 aromatic rings. The molecule has 9 heteroatoms. The van der Waals surface area contributed by atoms with Crippen molar-refractivity contribution in [3.05, 3.63) is 24.4 Å². The highest BCUT2D eigenvalue weighted by Crippen LogP contribution is 2.38. The van der Waals surface area contributed by atoms with Gasteiger partial charge in [-0.2, -0.15) is 0 Å². The summed E-state index contributed by atoms with van der Waals surface area (Å²) in [6.45, 7) is 7.33. The number of anilines is 2. The van der Waals surface area contributed by atoms with Crippen molar-refractivity contribution in [1.82, 2.24) is 15.0 Å². The molecule has 170 valence electrons. The molecule has 4 rings (SSSR count). The molecule has 2 aliphatic rings. The van der Waals surface area contributed by atoms with Crippen molar-refractivity contribution >= 4 is 11.4 Å². The number of aliphatic hydroxyl groups is 2. The predicted octanol–water partition coefficient (Wildman–Crippen LogP) is 1.20. The quantitative estimate of drug-likeness (QED) is 0.675. The fourth-order valence-electron chi connectivity index (χ4n) is 4.00. The average molecular weight is 432 g/mol. The molecule has 2 saturated heterocycles. The number of hydrogen-bond acceptors (Lipinski definition) is 8. The van der Waals surface area contributed by atoms with Gasteiger partial charge in [0.25, 0.3) is 0 Å². The fourth-order valence-corrected chi connectivity index (χ4v) is 4.00. The van der Waals surface area contributed by atoms with Gasteiger partial charge in [-0.1, -0.05) is 19.1 Å². The molecule has 9 nitrogen and oxygen atoms in total. The lowest BCUT2D eigenvalue weighted by molar-refractivity contribution is -0.227. The van der Waals surface area contributed by atoms with E-state index in [4.69, 9.17) is 9.47 Å². The molecule has 1 aromatic carbocycles. The van der Waals surface area contributed by atoms with Crippen molar-refractivity contribution < 1.29 is 19.7 Å². The second kappa shape index (κ2) is 8.38. The topological polar surface area (TPSA) is 96.1 Å². The van der Waals surface area contributed by atoms with Gasteiger partial charge in [0.2, 0.25) is 0 Å². The third-order valence-corrected chi connectivity index (χ3v) is 6.02. The van der Waals surface area contributed by atoms with Crippen LogP contribution in [0.5, 0.6) is 0 Å². The number of ether oxygens (including phenoxy) is 2. The van der Waals surface area contributed by atoms with Crippen LogP contribution in [0.2, 0.25) is 0 Å². The summed E-state index contributed by atoms with van der Waals surface area (Å²) in [5.41, 5.74) is 3.50. The summed E-state index contributed by atoms with van der Waals surface area (Å²) in [6.07, 6.45) is 1.60. The van der Waals surface area contributed by atoms with Gasteiger partial charge in [-0.05, 0) is 18.2 Å². The van der Waals surface area contributed by atoms with Crippen molar-refractivity contribution in [2.24, 2.45) is 10.8 Å². The largest absolute Gasteiger partial charge is 0.396 e. The number of rotatable bonds is 7. The number of hydrogen-bond donors (Lipinski definition) is 2. The fraction of sp³-hybridized carbons (Fsp3) is 0.636. The lowest BCUT2D eigenvalue weighted by atomic mass is 9.81. The van der Waals surface area contributed by atoms with Crippen LogP contribution < -0.4 is 9.80 Å².